The number of rotatable bonds is 5. The maximum atomic E-state index is 7.26. The van der Waals surface area contributed by atoms with Gasteiger partial charge >= 0.3 is 0 Å². The van der Waals surface area contributed by atoms with E-state index in [1.165, 1.54) is 105 Å². The predicted molar refractivity (Wildman–Crippen MR) is 287 cm³/mol. The molecule has 0 fully saturated rings. The van der Waals surface area contributed by atoms with E-state index in [1.54, 1.807) is 0 Å². The molecule has 68 heavy (non-hydrogen) atoms. The van der Waals surface area contributed by atoms with Crippen molar-refractivity contribution in [2.24, 2.45) is 0 Å². The van der Waals surface area contributed by atoms with Crippen molar-refractivity contribution in [1.29, 1.82) is 0 Å². The van der Waals surface area contributed by atoms with Crippen LogP contribution in [0.15, 0.2) is 170 Å². The van der Waals surface area contributed by atoms with Crippen molar-refractivity contribution in [1.82, 2.24) is 4.57 Å². The molecule has 3 aliphatic rings. The minimum atomic E-state index is -0.366. The third-order valence-electron chi connectivity index (χ3n) is 15.1. The first kappa shape index (κ1) is 40.5. The number of fused-ring (bicyclic) bond motifs is 11. The summed E-state index contributed by atoms with van der Waals surface area (Å²) in [6.45, 7) is 17.9. The molecule has 4 nitrogen and oxygen atoms in total. The normalized spacial score (nSPS) is 13.8. The zero-order valence-electron chi connectivity index (χ0n) is 40.0. The average molecular weight is 878 g/mol. The van der Waals surface area contributed by atoms with Crippen molar-refractivity contribution < 1.29 is 4.74 Å². The van der Waals surface area contributed by atoms with Gasteiger partial charge in [-0.05, 0) is 153 Å². The number of hydrogen-bond acceptors (Lipinski definition) is 3. The second-order valence-corrected chi connectivity index (χ2v) is 20.3. The Kier molecular flexibility index (Phi) is 8.71. The highest BCUT2D eigenvalue weighted by atomic mass is 16.5. The Morgan fingerprint density at radius 3 is 1.68 bits per heavy atom. The van der Waals surface area contributed by atoms with Crippen molar-refractivity contribution >= 4 is 79.0 Å². The van der Waals surface area contributed by atoms with Crippen molar-refractivity contribution in [2.75, 3.05) is 9.80 Å². The van der Waals surface area contributed by atoms with Gasteiger partial charge in [0.2, 0.25) is 0 Å². The van der Waals surface area contributed by atoms with Crippen LogP contribution in [0.5, 0.6) is 11.5 Å². The standard InChI is InChI=1S/C63H52BN3O/c1-37-13-22-43(23-14-37)65(44-24-15-38(2)16-25-44)46-34-56-61-58(35-46)68-57-30-21-42(6)33-51(57)64(61)52-36-55(67-53-28-19-40(4)31-48(53)49-32-41(5)20-29-54(49)67)59-47-11-9-10-12-50(47)63(7,8)60(59)62(52)66(56)45-26-17-39(3)18-27-45/h9-36H,1-8H3. The lowest BCUT2D eigenvalue weighted by molar-refractivity contribution is 0.487. The maximum Gasteiger partial charge on any atom is 0.256 e. The SMILES string of the molecule is Cc1ccc(N(c2ccc(C)cc2)c2cc3c4c(c2)N(c2ccc(C)cc2)c2c(cc(-n5c6ccc(C)cc6c6cc(C)ccc65)c5c2C(C)(C)c2ccccc2-5)B4c2cc(C)ccc2O3)cc1. The van der Waals surface area contributed by atoms with Gasteiger partial charge < -0.3 is 19.1 Å². The topological polar surface area (TPSA) is 20.6 Å². The van der Waals surface area contributed by atoms with Crippen LogP contribution in [0.1, 0.15) is 58.4 Å². The Labute approximate surface area is 399 Å². The summed E-state index contributed by atoms with van der Waals surface area (Å²) >= 11 is 0. The largest absolute Gasteiger partial charge is 0.458 e. The summed E-state index contributed by atoms with van der Waals surface area (Å²) in [6, 6.07) is 64.1. The second-order valence-electron chi connectivity index (χ2n) is 20.3. The minimum absolute atomic E-state index is 0.122. The smallest absolute Gasteiger partial charge is 0.256 e. The van der Waals surface area contributed by atoms with E-state index in [0.29, 0.717) is 0 Å². The van der Waals surface area contributed by atoms with Gasteiger partial charge in [0.05, 0.1) is 22.4 Å². The summed E-state index contributed by atoms with van der Waals surface area (Å²) in [5.41, 5.74) is 26.3. The number of aromatic nitrogens is 1. The molecule has 10 aromatic rings. The molecular weight excluding hydrogens is 826 g/mol. The Morgan fingerprint density at radius 2 is 1.04 bits per heavy atom. The van der Waals surface area contributed by atoms with Gasteiger partial charge in [-0.25, -0.2) is 0 Å². The van der Waals surface area contributed by atoms with Gasteiger partial charge in [-0.15, -0.1) is 0 Å². The third-order valence-corrected chi connectivity index (χ3v) is 15.1. The summed E-state index contributed by atoms with van der Waals surface area (Å²) in [6.07, 6.45) is 0. The van der Waals surface area contributed by atoms with Gasteiger partial charge in [0, 0.05) is 56.3 Å². The maximum absolute atomic E-state index is 7.26. The molecule has 0 bridgehead atoms. The molecule has 0 saturated carbocycles. The molecule has 3 heterocycles. The molecular formula is C63H52BN3O. The first-order chi connectivity index (χ1) is 32.9. The van der Waals surface area contributed by atoms with Crippen LogP contribution in [0.4, 0.5) is 34.1 Å². The Morgan fingerprint density at radius 1 is 0.485 bits per heavy atom. The highest BCUT2D eigenvalue weighted by molar-refractivity contribution is 6.99. The summed E-state index contributed by atoms with van der Waals surface area (Å²) in [5.74, 6) is 1.77. The van der Waals surface area contributed by atoms with E-state index in [9.17, 15) is 0 Å². The molecule has 1 aromatic heterocycles. The molecule has 0 spiro atoms. The van der Waals surface area contributed by atoms with Crippen LogP contribution in [-0.2, 0) is 5.41 Å². The number of benzene rings is 9. The van der Waals surface area contributed by atoms with E-state index in [-0.39, 0.29) is 12.1 Å². The number of nitrogens with zero attached hydrogens (tertiary/aromatic N) is 3. The molecule has 0 N–H and O–H groups in total. The van der Waals surface area contributed by atoms with Crippen molar-refractivity contribution in [3.8, 4) is 28.3 Å². The number of hydrogen-bond donors (Lipinski definition) is 0. The number of anilines is 6. The molecule has 0 atom stereocenters. The molecule has 5 heteroatoms. The molecule has 328 valence electrons. The minimum Gasteiger partial charge on any atom is -0.458 e. The lowest BCUT2D eigenvalue weighted by atomic mass is 9.33. The summed E-state index contributed by atoms with van der Waals surface area (Å²) in [4.78, 5) is 4.98. The first-order valence-corrected chi connectivity index (χ1v) is 24.0. The van der Waals surface area contributed by atoms with Crippen LogP contribution < -0.4 is 30.9 Å². The van der Waals surface area contributed by atoms with E-state index in [1.807, 2.05) is 0 Å². The molecule has 0 amide bonds. The van der Waals surface area contributed by atoms with E-state index in [0.717, 1.165) is 39.9 Å². The summed E-state index contributed by atoms with van der Waals surface area (Å²) in [5, 5.41) is 2.56. The quantitative estimate of drug-likeness (QED) is 0.161. The molecule has 0 unspecified atom stereocenters. The molecule has 1 aliphatic carbocycles. The van der Waals surface area contributed by atoms with Gasteiger partial charge in [0.1, 0.15) is 11.5 Å². The molecule has 0 radical (unpaired) electrons. The monoisotopic (exact) mass is 877 g/mol. The van der Waals surface area contributed by atoms with E-state index in [4.69, 9.17) is 4.74 Å². The van der Waals surface area contributed by atoms with Crippen LogP contribution in [0.3, 0.4) is 0 Å². The molecule has 13 rings (SSSR count). The van der Waals surface area contributed by atoms with E-state index in [2.05, 4.69) is 240 Å². The van der Waals surface area contributed by atoms with Gasteiger partial charge in [-0.1, -0.05) is 132 Å². The summed E-state index contributed by atoms with van der Waals surface area (Å²) < 4.78 is 9.84. The number of ether oxygens (including phenoxy) is 1. The third kappa shape index (κ3) is 5.87. The number of aryl methyl sites for hydroxylation is 6. The van der Waals surface area contributed by atoms with Crippen LogP contribution >= 0.6 is 0 Å². The van der Waals surface area contributed by atoms with Gasteiger partial charge in [-0.3, -0.25) is 0 Å². The fraction of sp³-hybridized carbons (Fsp3) is 0.143. The van der Waals surface area contributed by atoms with Gasteiger partial charge in [0.15, 0.2) is 0 Å². The molecule has 2 aliphatic heterocycles. The highest BCUT2D eigenvalue weighted by Crippen LogP contribution is 2.58. The van der Waals surface area contributed by atoms with Gasteiger partial charge in [-0.2, -0.15) is 0 Å². The van der Waals surface area contributed by atoms with Gasteiger partial charge in [0.25, 0.3) is 6.71 Å². The second kappa shape index (κ2) is 14.6. The van der Waals surface area contributed by atoms with Crippen molar-refractivity contribution in [3.63, 3.8) is 0 Å². The summed E-state index contributed by atoms with van der Waals surface area (Å²) in [7, 11) is 0. The zero-order valence-corrected chi connectivity index (χ0v) is 40.0. The Balaban J connectivity index is 1.20. The zero-order chi connectivity index (χ0) is 46.3. The molecule has 9 aromatic carbocycles. The van der Waals surface area contributed by atoms with E-state index >= 15 is 0 Å². The van der Waals surface area contributed by atoms with E-state index < -0.39 is 0 Å². The Hall–Kier alpha value is -7.76. The Bertz CT molecular complexity index is 3640. The fourth-order valence-electron chi connectivity index (χ4n) is 11.9. The van der Waals surface area contributed by atoms with Crippen molar-refractivity contribution in [2.45, 2.75) is 60.8 Å². The lowest BCUT2D eigenvalue weighted by Crippen LogP contribution is -2.60. The average Bonchev–Trinajstić information content (AvgIpc) is 3.77. The fourth-order valence-corrected chi connectivity index (χ4v) is 11.9. The van der Waals surface area contributed by atoms with Crippen LogP contribution in [0.25, 0.3) is 38.6 Å². The molecule has 0 saturated heterocycles. The highest BCUT2D eigenvalue weighted by Gasteiger charge is 2.49. The van der Waals surface area contributed by atoms with Crippen LogP contribution in [-0.4, -0.2) is 11.3 Å². The predicted octanol–water partition coefficient (Wildman–Crippen LogP) is 14.8. The van der Waals surface area contributed by atoms with Crippen molar-refractivity contribution in [3.05, 3.63) is 214 Å². The van der Waals surface area contributed by atoms with Crippen LogP contribution in [0.2, 0.25) is 0 Å². The first-order valence-electron chi connectivity index (χ1n) is 24.0. The lowest BCUT2D eigenvalue weighted by Gasteiger charge is -2.44. The van der Waals surface area contributed by atoms with Crippen LogP contribution in [0, 0.1) is 41.5 Å².